The van der Waals surface area contributed by atoms with Crippen molar-refractivity contribution in [3.8, 4) is 6.07 Å². The summed E-state index contributed by atoms with van der Waals surface area (Å²) >= 11 is 0. The van der Waals surface area contributed by atoms with E-state index in [1.165, 1.54) is 6.20 Å². The van der Waals surface area contributed by atoms with Crippen molar-refractivity contribution in [2.75, 3.05) is 28.2 Å². The van der Waals surface area contributed by atoms with Crippen LogP contribution in [-0.4, -0.2) is 49.9 Å². The number of hydrogen-bond donors (Lipinski definition) is 1. The lowest BCUT2D eigenvalue weighted by Gasteiger charge is -2.40. The number of oxazole rings is 1. The van der Waals surface area contributed by atoms with Crippen molar-refractivity contribution < 1.29 is 4.42 Å². The second-order valence-electron chi connectivity index (χ2n) is 7.08. The van der Waals surface area contributed by atoms with Gasteiger partial charge in [0.2, 0.25) is 11.7 Å². The molecule has 3 aromatic rings. The summed E-state index contributed by atoms with van der Waals surface area (Å²) in [6, 6.07) is 5.05. The fraction of sp³-hybridized carbons (Fsp3) is 0.389. The van der Waals surface area contributed by atoms with Gasteiger partial charge in [-0.3, -0.25) is 4.68 Å². The fourth-order valence-electron chi connectivity index (χ4n) is 4.04. The van der Waals surface area contributed by atoms with E-state index in [9.17, 15) is 0 Å². The molecule has 0 aliphatic carbocycles. The SMILES string of the molecule is Cn1cc(Nc2nccc(N3C[C@H]4CC[C@@H](C3)N4c3ncc(C#N)o3)n2)cn1. The summed E-state index contributed by atoms with van der Waals surface area (Å²) in [4.78, 5) is 17.8. The quantitative estimate of drug-likeness (QED) is 0.725. The van der Waals surface area contributed by atoms with E-state index in [1.807, 2.05) is 25.4 Å². The minimum atomic E-state index is 0.249. The number of nitrogens with one attached hydrogen (secondary N) is 1. The minimum Gasteiger partial charge on any atom is -0.413 e. The Morgan fingerprint density at radius 2 is 2.04 bits per heavy atom. The monoisotopic (exact) mass is 377 g/mol. The molecule has 10 heteroatoms. The van der Waals surface area contributed by atoms with Crippen LogP contribution in [0.15, 0.2) is 35.3 Å². The number of fused-ring (bicyclic) bond motifs is 2. The van der Waals surface area contributed by atoms with Gasteiger partial charge in [0.05, 0.1) is 30.2 Å². The topological polar surface area (TPSA) is 112 Å². The molecule has 2 aliphatic rings. The first kappa shape index (κ1) is 16.6. The van der Waals surface area contributed by atoms with Crippen molar-refractivity contribution in [1.29, 1.82) is 5.26 Å². The van der Waals surface area contributed by atoms with Crippen LogP contribution in [0.5, 0.6) is 0 Å². The fourth-order valence-corrected chi connectivity index (χ4v) is 4.04. The van der Waals surface area contributed by atoms with Crippen LogP contribution in [-0.2, 0) is 7.05 Å². The van der Waals surface area contributed by atoms with E-state index < -0.39 is 0 Å². The predicted molar refractivity (Wildman–Crippen MR) is 101 cm³/mol. The molecule has 28 heavy (non-hydrogen) atoms. The third-order valence-electron chi connectivity index (χ3n) is 5.23. The lowest BCUT2D eigenvalue weighted by atomic mass is 10.2. The molecule has 2 aliphatic heterocycles. The Hall–Kier alpha value is -3.61. The standard InChI is InChI=1S/C18H19N9O/c1-25-9-12(7-22-25)23-17-20-5-4-16(24-17)26-10-13-2-3-14(11-26)27(13)18-21-8-15(6-19)28-18/h4-5,7-9,13-14H,2-3,10-11H2,1H3,(H,20,23,24)/t13-,14+. The first-order chi connectivity index (χ1) is 13.7. The van der Waals surface area contributed by atoms with Crippen LogP contribution in [0.1, 0.15) is 18.6 Å². The third-order valence-corrected chi connectivity index (χ3v) is 5.23. The summed E-state index contributed by atoms with van der Waals surface area (Å²) < 4.78 is 7.30. The highest BCUT2D eigenvalue weighted by Crippen LogP contribution is 2.35. The Morgan fingerprint density at radius 1 is 1.21 bits per heavy atom. The van der Waals surface area contributed by atoms with Crippen LogP contribution in [0.2, 0.25) is 0 Å². The van der Waals surface area contributed by atoms with Gasteiger partial charge in [-0.25, -0.2) is 9.97 Å². The van der Waals surface area contributed by atoms with Gasteiger partial charge in [0, 0.05) is 32.5 Å². The molecule has 5 rings (SSSR count). The third kappa shape index (κ3) is 2.90. The van der Waals surface area contributed by atoms with E-state index in [1.54, 1.807) is 17.1 Å². The first-order valence-corrected chi connectivity index (χ1v) is 9.17. The number of hydrogen-bond acceptors (Lipinski definition) is 9. The number of aryl methyl sites for hydroxylation is 1. The summed E-state index contributed by atoms with van der Waals surface area (Å²) in [6.45, 7) is 1.65. The van der Waals surface area contributed by atoms with Gasteiger partial charge in [0.25, 0.3) is 6.01 Å². The summed E-state index contributed by atoms with van der Waals surface area (Å²) in [7, 11) is 1.87. The summed E-state index contributed by atoms with van der Waals surface area (Å²) in [5, 5.41) is 16.3. The van der Waals surface area contributed by atoms with Crippen LogP contribution < -0.4 is 15.1 Å². The summed E-state index contributed by atoms with van der Waals surface area (Å²) in [5.74, 6) is 1.69. The Bertz CT molecular complexity index is 1020. The van der Waals surface area contributed by atoms with Crippen LogP contribution in [0.25, 0.3) is 0 Å². The molecule has 0 radical (unpaired) electrons. The lowest BCUT2D eigenvalue weighted by Crippen LogP contribution is -2.54. The van der Waals surface area contributed by atoms with Gasteiger partial charge in [0.15, 0.2) is 0 Å². The maximum atomic E-state index is 8.98. The van der Waals surface area contributed by atoms with Gasteiger partial charge in [-0.2, -0.15) is 15.3 Å². The van der Waals surface area contributed by atoms with E-state index in [0.29, 0.717) is 12.0 Å². The van der Waals surface area contributed by atoms with Crippen molar-refractivity contribution in [3.05, 3.63) is 36.6 Å². The summed E-state index contributed by atoms with van der Waals surface area (Å²) in [6.07, 6.45) is 9.00. The average Bonchev–Trinajstić information content (AvgIpc) is 3.39. The minimum absolute atomic E-state index is 0.249. The second kappa shape index (κ2) is 6.53. The zero-order chi connectivity index (χ0) is 19.1. The van der Waals surface area contributed by atoms with Crippen LogP contribution in [0.3, 0.4) is 0 Å². The zero-order valence-electron chi connectivity index (χ0n) is 15.4. The average molecular weight is 377 g/mol. The Balaban J connectivity index is 1.33. The molecule has 142 valence electrons. The number of rotatable bonds is 4. The van der Waals surface area contributed by atoms with Gasteiger partial charge in [0.1, 0.15) is 11.9 Å². The molecule has 2 atom stereocenters. The van der Waals surface area contributed by atoms with Crippen molar-refractivity contribution in [2.24, 2.45) is 7.05 Å². The van der Waals surface area contributed by atoms with Gasteiger partial charge in [-0.15, -0.1) is 0 Å². The first-order valence-electron chi connectivity index (χ1n) is 9.17. The smallest absolute Gasteiger partial charge is 0.299 e. The maximum absolute atomic E-state index is 8.98. The van der Waals surface area contributed by atoms with Crippen LogP contribution >= 0.6 is 0 Å². The van der Waals surface area contributed by atoms with Crippen LogP contribution in [0.4, 0.5) is 23.5 Å². The molecule has 2 bridgehead atoms. The molecular formula is C18H19N9O. The molecule has 10 nitrogen and oxygen atoms in total. The van der Waals surface area contributed by atoms with E-state index >= 15 is 0 Å². The molecule has 2 fully saturated rings. The number of piperazine rings is 1. The molecule has 1 N–H and O–H groups in total. The van der Waals surface area contributed by atoms with Crippen molar-refractivity contribution >= 4 is 23.5 Å². The molecule has 2 saturated heterocycles. The number of aromatic nitrogens is 5. The number of anilines is 4. The Labute approximate surface area is 161 Å². The lowest BCUT2D eigenvalue weighted by molar-refractivity contribution is 0.456. The van der Waals surface area contributed by atoms with E-state index in [2.05, 4.69) is 35.2 Å². The normalized spacial score (nSPS) is 21.0. The van der Waals surface area contributed by atoms with Crippen molar-refractivity contribution in [2.45, 2.75) is 24.9 Å². The molecule has 0 saturated carbocycles. The molecule has 0 amide bonds. The largest absolute Gasteiger partial charge is 0.413 e. The molecule has 5 heterocycles. The highest BCUT2D eigenvalue weighted by atomic mass is 16.4. The second-order valence-corrected chi connectivity index (χ2v) is 7.08. The number of nitriles is 1. The van der Waals surface area contributed by atoms with Crippen LogP contribution in [0, 0.1) is 11.3 Å². The van der Waals surface area contributed by atoms with E-state index in [0.717, 1.165) is 37.4 Å². The van der Waals surface area contributed by atoms with Gasteiger partial charge >= 0.3 is 0 Å². The van der Waals surface area contributed by atoms with Crippen molar-refractivity contribution in [1.82, 2.24) is 24.7 Å². The molecule has 0 aromatic carbocycles. The predicted octanol–water partition coefficient (Wildman–Crippen LogP) is 1.67. The molecule has 0 unspecified atom stereocenters. The molecular weight excluding hydrogens is 358 g/mol. The highest BCUT2D eigenvalue weighted by molar-refractivity contribution is 5.54. The van der Waals surface area contributed by atoms with Gasteiger partial charge < -0.3 is 19.5 Å². The zero-order valence-corrected chi connectivity index (χ0v) is 15.4. The Kier molecular flexibility index (Phi) is 3.86. The van der Waals surface area contributed by atoms with E-state index in [4.69, 9.17) is 9.68 Å². The molecule has 3 aromatic heterocycles. The maximum Gasteiger partial charge on any atom is 0.299 e. The van der Waals surface area contributed by atoms with E-state index in [-0.39, 0.29) is 17.8 Å². The number of nitrogens with zero attached hydrogens (tertiary/aromatic N) is 8. The Morgan fingerprint density at radius 3 is 2.71 bits per heavy atom. The molecule has 0 spiro atoms. The van der Waals surface area contributed by atoms with Gasteiger partial charge in [-0.05, 0) is 18.9 Å². The van der Waals surface area contributed by atoms with Gasteiger partial charge in [-0.1, -0.05) is 0 Å². The van der Waals surface area contributed by atoms with Crippen molar-refractivity contribution in [3.63, 3.8) is 0 Å². The highest BCUT2D eigenvalue weighted by Gasteiger charge is 2.42. The summed E-state index contributed by atoms with van der Waals surface area (Å²) in [5.41, 5.74) is 0.849.